The van der Waals surface area contributed by atoms with Crippen molar-refractivity contribution in [1.82, 2.24) is 14.5 Å². The van der Waals surface area contributed by atoms with Gasteiger partial charge in [-0.2, -0.15) is 0 Å². The van der Waals surface area contributed by atoms with Crippen molar-refractivity contribution in [2.45, 2.75) is 62.4 Å². The van der Waals surface area contributed by atoms with Gasteiger partial charge in [-0.3, -0.25) is 0 Å². The second-order valence-corrected chi connectivity index (χ2v) is 9.42. The van der Waals surface area contributed by atoms with E-state index in [9.17, 15) is 10.2 Å². The Hall–Kier alpha value is -2.68. The second kappa shape index (κ2) is 7.43. The van der Waals surface area contributed by atoms with Crippen LogP contribution in [0, 0.1) is 0 Å². The monoisotopic (exact) mass is 436 g/mol. The van der Waals surface area contributed by atoms with Crippen LogP contribution in [0.3, 0.4) is 0 Å². The Labute approximate surface area is 186 Å². The smallest absolute Gasteiger partial charge is 0.146 e. The maximum atomic E-state index is 10.3. The van der Waals surface area contributed by atoms with Gasteiger partial charge in [0.15, 0.2) is 0 Å². The largest absolute Gasteiger partial charge is 0.487 e. The first-order valence-electron chi connectivity index (χ1n) is 11.4. The molecule has 8 heteroatoms. The molecule has 4 N–H and O–H groups in total. The molecule has 0 unspecified atom stereocenters. The average Bonchev–Trinajstić information content (AvgIpc) is 3.45. The summed E-state index contributed by atoms with van der Waals surface area (Å²) < 4.78 is 14.3. The first-order chi connectivity index (χ1) is 15.5. The van der Waals surface area contributed by atoms with Crippen molar-refractivity contribution in [2.24, 2.45) is 0 Å². The van der Waals surface area contributed by atoms with Crippen LogP contribution in [0.1, 0.15) is 43.7 Å². The maximum Gasteiger partial charge on any atom is 0.146 e. The number of aliphatic hydroxyl groups excluding tert-OH is 1. The highest BCUT2D eigenvalue weighted by Crippen LogP contribution is 2.45. The van der Waals surface area contributed by atoms with Gasteiger partial charge >= 0.3 is 0 Å². The van der Waals surface area contributed by atoms with Crippen LogP contribution in [0.4, 0.5) is 5.82 Å². The zero-order valence-electron chi connectivity index (χ0n) is 17.9. The molecule has 3 aromatic rings. The zero-order chi connectivity index (χ0) is 21.9. The van der Waals surface area contributed by atoms with Gasteiger partial charge in [-0.15, -0.1) is 0 Å². The third-order valence-corrected chi connectivity index (χ3v) is 7.29. The minimum atomic E-state index is -1.02. The third kappa shape index (κ3) is 3.17. The summed E-state index contributed by atoms with van der Waals surface area (Å²) in [5.74, 6) is 1.33. The molecule has 2 atom stereocenters. The van der Waals surface area contributed by atoms with E-state index < -0.39 is 5.60 Å². The summed E-state index contributed by atoms with van der Waals surface area (Å²) in [7, 11) is 0. The topological polar surface area (TPSA) is 116 Å². The van der Waals surface area contributed by atoms with Gasteiger partial charge < -0.3 is 30.0 Å². The number of hydrogen-bond acceptors (Lipinski definition) is 7. The fourth-order valence-corrected chi connectivity index (χ4v) is 5.46. The van der Waals surface area contributed by atoms with Crippen molar-refractivity contribution in [3.05, 3.63) is 36.3 Å². The molecule has 2 aromatic heterocycles. The Morgan fingerprint density at radius 3 is 2.84 bits per heavy atom. The van der Waals surface area contributed by atoms with Crippen LogP contribution in [0.2, 0.25) is 0 Å². The van der Waals surface area contributed by atoms with E-state index in [1.807, 2.05) is 6.20 Å². The molecule has 3 aliphatic rings. The minimum Gasteiger partial charge on any atom is -0.487 e. The van der Waals surface area contributed by atoms with Crippen molar-refractivity contribution in [1.29, 1.82) is 0 Å². The lowest BCUT2D eigenvalue weighted by Gasteiger charge is -2.43. The molecule has 1 aliphatic carbocycles. The van der Waals surface area contributed by atoms with Crippen molar-refractivity contribution in [3.63, 3.8) is 0 Å². The van der Waals surface area contributed by atoms with Crippen molar-refractivity contribution < 1.29 is 19.7 Å². The number of fused-ring (bicyclic) bond motifs is 2. The van der Waals surface area contributed by atoms with E-state index in [2.05, 4.69) is 32.7 Å². The summed E-state index contributed by atoms with van der Waals surface area (Å²) >= 11 is 0. The molecule has 32 heavy (non-hydrogen) atoms. The maximum absolute atomic E-state index is 10.3. The van der Waals surface area contributed by atoms with Crippen LogP contribution in [0.5, 0.6) is 5.75 Å². The number of anilines is 1. The number of nitrogen functional groups attached to an aromatic ring is 1. The molecule has 168 valence electrons. The van der Waals surface area contributed by atoms with Crippen LogP contribution in [-0.2, 0) is 11.2 Å². The average molecular weight is 437 g/mol. The Balaban J connectivity index is 1.38. The number of rotatable bonds is 4. The number of nitrogens with two attached hydrogens (primary N) is 1. The summed E-state index contributed by atoms with van der Waals surface area (Å²) in [5.41, 5.74) is 9.17. The standard InChI is InChI=1S/C24H28N4O4/c25-22-21-17(11-28(23(21)27-13-26-22)16-9-24(30,10-16)12-29)15-4-3-14-5-6-19(32-20(14)8-15)18-2-1-7-31-18/h3-4,8,11,13,16,18-19,29-30H,1-2,5-7,9-10,12H2,(H2,25,26,27)/t16?,18-,19-,24?/m0/s1. The molecule has 2 fully saturated rings. The molecule has 4 heterocycles. The lowest BCUT2D eigenvalue weighted by molar-refractivity contribution is -0.101. The normalized spacial score (nSPS) is 29.5. The molecule has 6 rings (SSSR count). The van der Waals surface area contributed by atoms with Crippen LogP contribution in [0.25, 0.3) is 22.2 Å². The molecule has 2 aliphatic heterocycles. The van der Waals surface area contributed by atoms with E-state index >= 15 is 0 Å². The number of aliphatic hydroxyl groups is 2. The molecule has 1 aromatic carbocycles. The lowest BCUT2D eigenvalue weighted by Crippen LogP contribution is -2.47. The fraction of sp³-hybridized carbons (Fsp3) is 0.500. The number of nitrogens with zero attached hydrogens (tertiary/aromatic N) is 3. The van der Waals surface area contributed by atoms with Gasteiger partial charge in [-0.05, 0) is 55.7 Å². The van der Waals surface area contributed by atoms with Gasteiger partial charge in [0.2, 0.25) is 0 Å². The van der Waals surface area contributed by atoms with Gasteiger partial charge in [0.25, 0.3) is 0 Å². The number of hydrogen-bond donors (Lipinski definition) is 3. The van der Waals surface area contributed by atoms with Crippen LogP contribution >= 0.6 is 0 Å². The van der Waals surface area contributed by atoms with Crippen LogP contribution in [-0.4, -0.2) is 55.8 Å². The van der Waals surface area contributed by atoms with Gasteiger partial charge in [0.05, 0.1) is 23.7 Å². The molecule has 0 radical (unpaired) electrons. The number of aromatic nitrogens is 3. The Morgan fingerprint density at radius 1 is 1.19 bits per heavy atom. The molecule has 1 saturated carbocycles. The summed E-state index contributed by atoms with van der Waals surface area (Å²) in [6.45, 7) is 0.587. The van der Waals surface area contributed by atoms with Crippen molar-refractivity contribution >= 4 is 16.9 Å². The van der Waals surface area contributed by atoms with E-state index in [0.717, 1.165) is 60.2 Å². The summed E-state index contributed by atoms with van der Waals surface area (Å²) in [4.78, 5) is 8.72. The lowest BCUT2D eigenvalue weighted by atomic mass is 9.76. The molecule has 0 amide bonds. The summed E-state index contributed by atoms with van der Waals surface area (Å²) in [5, 5.41) is 20.5. The number of benzene rings is 1. The van der Waals surface area contributed by atoms with Gasteiger partial charge in [0.1, 0.15) is 29.6 Å². The molecule has 0 spiro atoms. The predicted octanol–water partition coefficient (Wildman–Crippen LogP) is 2.61. The van der Waals surface area contributed by atoms with E-state index in [1.54, 1.807) is 0 Å². The molecule has 8 nitrogen and oxygen atoms in total. The fourth-order valence-electron chi connectivity index (χ4n) is 5.46. The van der Waals surface area contributed by atoms with E-state index in [-0.39, 0.29) is 24.9 Å². The molecule has 1 saturated heterocycles. The molecular weight excluding hydrogens is 408 g/mol. The predicted molar refractivity (Wildman–Crippen MR) is 119 cm³/mol. The second-order valence-electron chi connectivity index (χ2n) is 9.42. The van der Waals surface area contributed by atoms with Gasteiger partial charge in [-0.25, -0.2) is 9.97 Å². The number of ether oxygens (including phenoxy) is 2. The van der Waals surface area contributed by atoms with Crippen molar-refractivity contribution in [3.8, 4) is 16.9 Å². The quantitative estimate of drug-likeness (QED) is 0.576. The Morgan fingerprint density at radius 2 is 2.06 bits per heavy atom. The first-order valence-corrected chi connectivity index (χ1v) is 11.4. The van der Waals surface area contributed by atoms with Crippen molar-refractivity contribution in [2.75, 3.05) is 18.9 Å². The van der Waals surface area contributed by atoms with Gasteiger partial charge in [-0.1, -0.05) is 12.1 Å². The minimum absolute atomic E-state index is 0.0514. The SMILES string of the molecule is Nc1ncnc2c1c(-c1ccc3c(c1)O[C@H]([C@@H]1CCCO1)CC3)cn2C1CC(O)(CO)C1. The Kier molecular flexibility index (Phi) is 4.64. The first kappa shape index (κ1) is 20.0. The summed E-state index contributed by atoms with van der Waals surface area (Å²) in [6, 6.07) is 6.38. The van der Waals surface area contributed by atoms with E-state index in [1.165, 1.54) is 11.9 Å². The number of aryl methyl sites for hydroxylation is 1. The van der Waals surface area contributed by atoms with Crippen LogP contribution < -0.4 is 10.5 Å². The highest BCUT2D eigenvalue weighted by atomic mass is 16.5. The Bertz CT molecular complexity index is 1160. The van der Waals surface area contributed by atoms with E-state index in [0.29, 0.717) is 18.7 Å². The third-order valence-electron chi connectivity index (χ3n) is 7.29. The summed E-state index contributed by atoms with van der Waals surface area (Å²) in [6.07, 6.45) is 8.87. The van der Waals surface area contributed by atoms with Crippen LogP contribution in [0.15, 0.2) is 30.7 Å². The molecular formula is C24H28N4O4. The van der Waals surface area contributed by atoms with E-state index in [4.69, 9.17) is 15.2 Å². The zero-order valence-corrected chi connectivity index (χ0v) is 17.9. The molecule has 0 bridgehead atoms. The highest BCUT2D eigenvalue weighted by molar-refractivity contribution is 6.00. The highest BCUT2D eigenvalue weighted by Gasteiger charge is 2.44. The van der Waals surface area contributed by atoms with Gasteiger partial charge in [0, 0.05) is 24.4 Å².